The monoisotopic (exact) mass is 452 g/mol. The van der Waals surface area contributed by atoms with E-state index in [0.29, 0.717) is 12.2 Å². The van der Waals surface area contributed by atoms with E-state index in [4.69, 9.17) is 9.47 Å². The molecule has 2 nitrogen and oxygen atoms in total. The zero-order valence-electron chi connectivity index (χ0n) is 22.7. The van der Waals surface area contributed by atoms with Gasteiger partial charge in [-0.1, -0.05) is 142 Å². The second-order valence-electron chi connectivity index (χ2n) is 11.1. The van der Waals surface area contributed by atoms with Crippen molar-refractivity contribution in [3.8, 4) is 0 Å². The van der Waals surface area contributed by atoms with Crippen LogP contribution >= 0.6 is 0 Å². The van der Waals surface area contributed by atoms with Gasteiger partial charge in [-0.15, -0.1) is 0 Å². The molecule has 1 aliphatic rings. The largest absolute Gasteiger partial charge is 0.347 e. The molecule has 0 unspecified atom stereocenters. The molecule has 0 N–H and O–H groups in total. The van der Waals surface area contributed by atoms with E-state index in [0.717, 1.165) is 6.42 Å². The van der Waals surface area contributed by atoms with Gasteiger partial charge in [0, 0.05) is 6.42 Å². The molecule has 0 aliphatic carbocycles. The van der Waals surface area contributed by atoms with Crippen molar-refractivity contribution in [3.05, 3.63) is 0 Å². The summed E-state index contributed by atoms with van der Waals surface area (Å²) in [7, 11) is 0. The molecule has 2 heteroatoms. The topological polar surface area (TPSA) is 18.5 Å². The van der Waals surface area contributed by atoms with Crippen LogP contribution in [0.15, 0.2) is 0 Å². The number of unbranched alkanes of at least 4 members (excludes halogenated alkanes) is 18. The summed E-state index contributed by atoms with van der Waals surface area (Å²) in [6.07, 6.45) is 32.7. The van der Waals surface area contributed by atoms with Crippen molar-refractivity contribution in [1.82, 2.24) is 0 Å². The molecule has 0 saturated carbocycles. The minimum absolute atomic E-state index is 0.394. The predicted octanol–water partition coefficient (Wildman–Crippen LogP) is 10.5. The third kappa shape index (κ3) is 17.4. The van der Waals surface area contributed by atoms with Crippen LogP contribution in [0.4, 0.5) is 0 Å². The SMILES string of the molecule is CCCCCCCCCCCCCCCCCCC[C@H]1C[C@@H](CCCCC)OC(C)(C)O1. The molecule has 0 aromatic rings. The van der Waals surface area contributed by atoms with E-state index in [1.165, 1.54) is 141 Å². The van der Waals surface area contributed by atoms with Crippen LogP contribution in [0.2, 0.25) is 0 Å². The standard InChI is InChI=1S/C30H60O2/c1-5-7-9-10-11-12-13-14-15-16-17-18-19-20-21-22-24-26-29-27-28(25-23-8-6-2)31-30(3,4)32-29/h28-29H,5-27H2,1-4H3/t28-,29+/m1/s1. The summed E-state index contributed by atoms with van der Waals surface area (Å²) in [5.41, 5.74) is 0. The molecule has 1 fully saturated rings. The van der Waals surface area contributed by atoms with Gasteiger partial charge in [0.15, 0.2) is 5.79 Å². The van der Waals surface area contributed by atoms with Crippen molar-refractivity contribution in [2.24, 2.45) is 0 Å². The van der Waals surface area contributed by atoms with E-state index in [1.807, 2.05) is 0 Å². The zero-order valence-corrected chi connectivity index (χ0v) is 22.7. The third-order valence-electron chi connectivity index (χ3n) is 7.19. The minimum atomic E-state index is -0.394. The Morgan fingerprint density at radius 2 is 0.750 bits per heavy atom. The van der Waals surface area contributed by atoms with Gasteiger partial charge in [0.1, 0.15) is 0 Å². The van der Waals surface area contributed by atoms with Gasteiger partial charge < -0.3 is 9.47 Å². The van der Waals surface area contributed by atoms with Crippen LogP contribution < -0.4 is 0 Å². The molecule has 0 bridgehead atoms. The first-order valence-electron chi connectivity index (χ1n) is 14.9. The van der Waals surface area contributed by atoms with Crippen LogP contribution in [0, 0.1) is 0 Å². The maximum absolute atomic E-state index is 6.22. The Labute approximate surface area is 203 Å². The van der Waals surface area contributed by atoms with Crippen LogP contribution in [-0.4, -0.2) is 18.0 Å². The first-order chi connectivity index (χ1) is 15.6. The predicted molar refractivity (Wildman–Crippen MR) is 141 cm³/mol. The molecule has 0 spiro atoms. The molecule has 192 valence electrons. The Bertz CT molecular complexity index is 392. The van der Waals surface area contributed by atoms with E-state index in [1.54, 1.807) is 0 Å². The molecule has 1 heterocycles. The summed E-state index contributed by atoms with van der Waals surface area (Å²) in [5.74, 6) is -0.394. The molecule has 0 radical (unpaired) electrons. The summed E-state index contributed by atoms with van der Waals surface area (Å²) < 4.78 is 12.4. The highest BCUT2D eigenvalue weighted by Gasteiger charge is 2.34. The average molecular weight is 453 g/mol. The minimum Gasteiger partial charge on any atom is -0.347 e. The normalized spacial score (nSPS) is 20.6. The van der Waals surface area contributed by atoms with E-state index >= 15 is 0 Å². The van der Waals surface area contributed by atoms with E-state index in [9.17, 15) is 0 Å². The Kier molecular flexibility index (Phi) is 19.0. The van der Waals surface area contributed by atoms with E-state index in [-0.39, 0.29) is 0 Å². The molecule has 0 aromatic heterocycles. The van der Waals surface area contributed by atoms with Crippen LogP contribution in [-0.2, 0) is 9.47 Å². The highest BCUT2D eigenvalue weighted by molar-refractivity contribution is 4.76. The molecule has 1 aliphatic heterocycles. The third-order valence-corrected chi connectivity index (χ3v) is 7.19. The molecular formula is C30H60O2. The lowest BCUT2D eigenvalue weighted by molar-refractivity contribution is -0.301. The average Bonchev–Trinajstić information content (AvgIpc) is 2.75. The van der Waals surface area contributed by atoms with Crippen LogP contribution in [0.5, 0.6) is 0 Å². The van der Waals surface area contributed by atoms with Gasteiger partial charge in [0.2, 0.25) is 0 Å². The lowest BCUT2D eigenvalue weighted by Gasteiger charge is -2.41. The van der Waals surface area contributed by atoms with Gasteiger partial charge >= 0.3 is 0 Å². The van der Waals surface area contributed by atoms with Gasteiger partial charge in [-0.05, 0) is 26.7 Å². The fraction of sp³-hybridized carbons (Fsp3) is 1.00. The molecule has 1 rings (SSSR count). The molecule has 0 amide bonds. The molecule has 2 atom stereocenters. The first-order valence-corrected chi connectivity index (χ1v) is 14.9. The molecule has 32 heavy (non-hydrogen) atoms. The van der Waals surface area contributed by atoms with Gasteiger partial charge in [0.05, 0.1) is 12.2 Å². The Morgan fingerprint density at radius 3 is 1.12 bits per heavy atom. The van der Waals surface area contributed by atoms with Crippen molar-refractivity contribution in [1.29, 1.82) is 0 Å². The molecule has 1 saturated heterocycles. The Hall–Kier alpha value is -0.0800. The zero-order chi connectivity index (χ0) is 23.3. The fourth-order valence-corrected chi connectivity index (χ4v) is 5.29. The Balaban J connectivity index is 1.88. The molecular weight excluding hydrogens is 392 g/mol. The summed E-state index contributed by atoms with van der Waals surface area (Å²) in [6, 6.07) is 0. The smallest absolute Gasteiger partial charge is 0.163 e. The highest BCUT2D eigenvalue weighted by atomic mass is 16.7. The maximum Gasteiger partial charge on any atom is 0.163 e. The lowest BCUT2D eigenvalue weighted by Crippen LogP contribution is -2.44. The number of rotatable bonds is 22. The summed E-state index contributed by atoms with van der Waals surface area (Å²) >= 11 is 0. The lowest BCUT2D eigenvalue weighted by atomic mass is 9.98. The van der Waals surface area contributed by atoms with Crippen molar-refractivity contribution < 1.29 is 9.47 Å². The maximum atomic E-state index is 6.22. The number of hydrogen-bond acceptors (Lipinski definition) is 2. The van der Waals surface area contributed by atoms with Crippen molar-refractivity contribution >= 4 is 0 Å². The second-order valence-corrected chi connectivity index (χ2v) is 11.1. The van der Waals surface area contributed by atoms with E-state index < -0.39 is 5.79 Å². The summed E-state index contributed by atoms with van der Waals surface area (Å²) in [6.45, 7) is 8.77. The van der Waals surface area contributed by atoms with Crippen molar-refractivity contribution in [3.63, 3.8) is 0 Å². The van der Waals surface area contributed by atoms with Crippen LogP contribution in [0.25, 0.3) is 0 Å². The Morgan fingerprint density at radius 1 is 0.469 bits per heavy atom. The summed E-state index contributed by atoms with van der Waals surface area (Å²) in [5, 5.41) is 0. The highest BCUT2D eigenvalue weighted by Crippen LogP contribution is 2.31. The van der Waals surface area contributed by atoms with Gasteiger partial charge in [0.25, 0.3) is 0 Å². The van der Waals surface area contributed by atoms with Crippen LogP contribution in [0.1, 0.15) is 175 Å². The quantitative estimate of drug-likeness (QED) is 0.152. The number of hydrogen-bond donors (Lipinski definition) is 0. The van der Waals surface area contributed by atoms with Crippen molar-refractivity contribution in [2.75, 3.05) is 0 Å². The fourth-order valence-electron chi connectivity index (χ4n) is 5.29. The molecule has 0 aromatic carbocycles. The van der Waals surface area contributed by atoms with Crippen molar-refractivity contribution in [2.45, 2.75) is 193 Å². The first kappa shape index (κ1) is 30.0. The van der Waals surface area contributed by atoms with Gasteiger partial charge in [-0.2, -0.15) is 0 Å². The summed E-state index contributed by atoms with van der Waals surface area (Å²) in [4.78, 5) is 0. The van der Waals surface area contributed by atoms with Gasteiger partial charge in [-0.3, -0.25) is 0 Å². The van der Waals surface area contributed by atoms with Gasteiger partial charge in [-0.25, -0.2) is 0 Å². The van der Waals surface area contributed by atoms with E-state index in [2.05, 4.69) is 27.7 Å². The second kappa shape index (κ2) is 20.3. The number of ether oxygens (including phenoxy) is 2. The van der Waals surface area contributed by atoms with Crippen LogP contribution in [0.3, 0.4) is 0 Å².